The van der Waals surface area contributed by atoms with Crippen LogP contribution in [0.15, 0.2) is 48.5 Å². The van der Waals surface area contributed by atoms with E-state index in [1.54, 1.807) is 0 Å². The maximum Gasteiger partial charge on any atom is 0.146 e. The van der Waals surface area contributed by atoms with Gasteiger partial charge < -0.3 is 10.1 Å². The Balaban J connectivity index is 2.19. The Labute approximate surface area is 125 Å². The van der Waals surface area contributed by atoms with Gasteiger partial charge in [-0.15, -0.1) is 0 Å². The zero-order valence-electron chi connectivity index (χ0n) is 11.9. The van der Waals surface area contributed by atoms with Crippen LogP contribution in [0.25, 0.3) is 0 Å². The third kappa shape index (κ3) is 3.75. The van der Waals surface area contributed by atoms with Gasteiger partial charge in [-0.25, -0.2) is 0 Å². The molecule has 3 heteroatoms. The van der Waals surface area contributed by atoms with Crippen molar-refractivity contribution in [2.24, 2.45) is 0 Å². The molecule has 0 bridgehead atoms. The maximum atomic E-state index is 6.12. The van der Waals surface area contributed by atoms with Gasteiger partial charge in [-0.2, -0.15) is 0 Å². The first-order valence-corrected chi connectivity index (χ1v) is 7.38. The monoisotopic (exact) mass is 289 g/mol. The summed E-state index contributed by atoms with van der Waals surface area (Å²) in [6.07, 6.45) is 1.05. The van der Waals surface area contributed by atoms with Crippen molar-refractivity contribution in [3.05, 3.63) is 59.1 Å². The van der Waals surface area contributed by atoms with E-state index in [9.17, 15) is 0 Å². The first-order chi connectivity index (χ1) is 9.74. The van der Waals surface area contributed by atoms with Crippen LogP contribution < -0.4 is 10.1 Å². The number of hydrogen-bond acceptors (Lipinski definition) is 2. The third-order valence-corrected chi connectivity index (χ3v) is 3.50. The van der Waals surface area contributed by atoms with Gasteiger partial charge in [-0.05, 0) is 42.8 Å². The van der Waals surface area contributed by atoms with Crippen LogP contribution >= 0.6 is 11.6 Å². The Hall–Kier alpha value is -1.51. The van der Waals surface area contributed by atoms with Crippen molar-refractivity contribution in [3.63, 3.8) is 0 Å². The summed E-state index contributed by atoms with van der Waals surface area (Å²) in [5.74, 6) is 1.50. The van der Waals surface area contributed by atoms with Gasteiger partial charge in [-0.3, -0.25) is 0 Å². The molecule has 0 aromatic heterocycles. The van der Waals surface area contributed by atoms with E-state index in [4.69, 9.17) is 16.3 Å². The van der Waals surface area contributed by atoms with Crippen LogP contribution in [0.4, 0.5) is 0 Å². The first-order valence-electron chi connectivity index (χ1n) is 7.00. The molecule has 0 aliphatic rings. The summed E-state index contributed by atoms with van der Waals surface area (Å²) in [4.78, 5) is 0. The topological polar surface area (TPSA) is 21.3 Å². The van der Waals surface area contributed by atoms with Gasteiger partial charge in [0.1, 0.15) is 11.5 Å². The summed E-state index contributed by atoms with van der Waals surface area (Å²) >= 11 is 6.12. The lowest BCUT2D eigenvalue weighted by Gasteiger charge is -2.17. The van der Waals surface area contributed by atoms with Crippen molar-refractivity contribution in [2.75, 3.05) is 6.54 Å². The van der Waals surface area contributed by atoms with Gasteiger partial charge in [-0.1, -0.05) is 49.7 Å². The van der Waals surface area contributed by atoms with Gasteiger partial charge in [0.25, 0.3) is 0 Å². The van der Waals surface area contributed by atoms with Crippen molar-refractivity contribution in [2.45, 2.75) is 26.3 Å². The Kier molecular flexibility index (Phi) is 5.45. The SMILES string of the molecule is CCNC(CC)c1cccc(Oc2ccccc2Cl)c1. The lowest BCUT2D eigenvalue weighted by Crippen LogP contribution is -2.19. The molecule has 0 amide bonds. The summed E-state index contributed by atoms with van der Waals surface area (Å²) in [6, 6.07) is 16.0. The van der Waals surface area contributed by atoms with Crippen LogP contribution in [0.2, 0.25) is 5.02 Å². The van der Waals surface area contributed by atoms with Crippen LogP contribution in [0.5, 0.6) is 11.5 Å². The van der Waals surface area contributed by atoms with Gasteiger partial charge in [0.05, 0.1) is 5.02 Å². The molecule has 20 heavy (non-hydrogen) atoms. The molecule has 0 spiro atoms. The molecule has 0 saturated carbocycles. The Bertz CT molecular complexity index is 556. The van der Waals surface area contributed by atoms with E-state index in [0.29, 0.717) is 16.8 Å². The van der Waals surface area contributed by atoms with Crippen molar-refractivity contribution < 1.29 is 4.74 Å². The smallest absolute Gasteiger partial charge is 0.146 e. The number of para-hydroxylation sites is 1. The molecule has 1 unspecified atom stereocenters. The predicted octanol–water partition coefficient (Wildman–Crippen LogP) is 5.19. The minimum absolute atomic E-state index is 0.356. The van der Waals surface area contributed by atoms with E-state index < -0.39 is 0 Å². The molecule has 1 N–H and O–H groups in total. The van der Waals surface area contributed by atoms with Gasteiger partial charge >= 0.3 is 0 Å². The molecule has 0 radical (unpaired) electrons. The minimum Gasteiger partial charge on any atom is -0.456 e. The highest BCUT2D eigenvalue weighted by atomic mass is 35.5. The van der Waals surface area contributed by atoms with Crippen LogP contribution in [0.1, 0.15) is 31.9 Å². The third-order valence-electron chi connectivity index (χ3n) is 3.18. The Morgan fingerprint density at radius 3 is 2.60 bits per heavy atom. The van der Waals surface area contributed by atoms with E-state index >= 15 is 0 Å². The van der Waals surface area contributed by atoms with E-state index in [1.165, 1.54) is 5.56 Å². The van der Waals surface area contributed by atoms with Gasteiger partial charge in [0, 0.05) is 6.04 Å². The standard InChI is InChI=1S/C17H20ClNO/c1-3-16(19-4-2)13-8-7-9-14(12-13)20-17-11-6-5-10-15(17)18/h5-12,16,19H,3-4H2,1-2H3. The highest BCUT2D eigenvalue weighted by molar-refractivity contribution is 6.32. The number of benzene rings is 2. The van der Waals surface area contributed by atoms with Crippen LogP contribution in [0.3, 0.4) is 0 Å². The number of ether oxygens (including phenoxy) is 1. The Morgan fingerprint density at radius 2 is 1.90 bits per heavy atom. The fourth-order valence-corrected chi connectivity index (χ4v) is 2.37. The predicted molar refractivity (Wildman–Crippen MR) is 84.7 cm³/mol. The van der Waals surface area contributed by atoms with Crippen molar-refractivity contribution >= 4 is 11.6 Å². The molecule has 2 aromatic rings. The zero-order chi connectivity index (χ0) is 14.4. The lowest BCUT2D eigenvalue weighted by atomic mass is 10.0. The van der Waals surface area contributed by atoms with E-state index in [-0.39, 0.29) is 0 Å². The highest BCUT2D eigenvalue weighted by Gasteiger charge is 2.09. The number of halogens is 1. The second-order valence-corrected chi connectivity index (χ2v) is 5.03. The molecule has 2 aromatic carbocycles. The molecule has 106 valence electrons. The molecule has 1 atom stereocenters. The van der Waals surface area contributed by atoms with Crippen LogP contribution in [-0.4, -0.2) is 6.54 Å². The van der Waals surface area contributed by atoms with Crippen molar-refractivity contribution in [1.29, 1.82) is 0 Å². The van der Waals surface area contributed by atoms with Gasteiger partial charge in [0.15, 0.2) is 0 Å². The maximum absolute atomic E-state index is 6.12. The second-order valence-electron chi connectivity index (χ2n) is 4.62. The summed E-state index contributed by atoms with van der Waals surface area (Å²) in [7, 11) is 0. The number of nitrogens with one attached hydrogen (secondary N) is 1. The molecule has 0 aliphatic heterocycles. The zero-order valence-corrected chi connectivity index (χ0v) is 12.7. The summed E-state index contributed by atoms with van der Waals surface area (Å²) in [6.45, 7) is 5.25. The average molecular weight is 290 g/mol. The van der Waals surface area contributed by atoms with Crippen LogP contribution in [0, 0.1) is 0 Å². The largest absolute Gasteiger partial charge is 0.456 e. The van der Waals surface area contributed by atoms with Crippen molar-refractivity contribution in [3.8, 4) is 11.5 Å². The summed E-state index contributed by atoms with van der Waals surface area (Å²) in [5.41, 5.74) is 1.24. The van der Waals surface area contributed by atoms with Crippen molar-refractivity contribution in [1.82, 2.24) is 5.32 Å². The fourth-order valence-electron chi connectivity index (χ4n) is 2.19. The lowest BCUT2D eigenvalue weighted by molar-refractivity contribution is 0.478. The molecule has 0 saturated heterocycles. The highest BCUT2D eigenvalue weighted by Crippen LogP contribution is 2.30. The molecule has 2 rings (SSSR count). The van der Waals surface area contributed by atoms with Crippen LogP contribution in [-0.2, 0) is 0 Å². The summed E-state index contributed by atoms with van der Waals surface area (Å²) < 4.78 is 5.86. The number of rotatable bonds is 6. The van der Waals surface area contributed by atoms with E-state index in [2.05, 4.69) is 31.3 Å². The summed E-state index contributed by atoms with van der Waals surface area (Å²) in [5, 5.41) is 4.09. The molecular formula is C17H20ClNO. The molecular weight excluding hydrogens is 270 g/mol. The normalized spacial score (nSPS) is 12.2. The van der Waals surface area contributed by atoms with E-state index in [1.807, 2.05) is 36.4 Å². The average Bonchev–Trinajstić information content (AvgIpc) is 2.47. The molecule has 0 heterocycles. The molecule has 2 nitrogen and oxygen atoms in total. The Morgan fingerprint density at radius 1 is 1.10 bits per heavy atom. The fraction of sp³-hybridized carbons (Fsp3) is 0.294. The number of hydrogen-bond donors (Lipinski definition) is 1. The van der Waals surface area contributed by atoms with Gasteiger partial charge in [0.2, 0.25) is 0 Å². The molecule has 0 fully saturated rings. The second kappa shape index (κ2) is 7.32. The minimum atomic E-state index is 0.356. The first kappa shape index (κ1) is 14.9. The van der Waals surface area contributed by atoms with E-state index in [0.717, 1.165) is 18.7 Å². The quantitative estimate of drug-likeness (QED) is 0.790. The molecule has 0 aliphatic carbocycles.